The number of imidazole rings is 1. The van der Waals surface area contributed by atoms with Gasteiger partial charge in [0.2, 0.25) is 0 Å². The zero-order valence-electron chi connectivity index (χ0n) is 16.8. The van der Waals surface area contributed by atoms with Crippen LogP contribution in [0.25, 0.3) is 23.3 Å². The highest BCUT2D eigenvalue weighted by atomic mass is 16.5. The average molecular weight is 402 g/mol. The first-order valence-electron chi connectivity index (χ1n) is 9.85. The standard InChI is InChI=1S/C23H22N4O3/c1-3-26-21-20(22(28)27(4-2)23(26)29)24-19(25-21)14-13-16-9-8-12-18(15-16)30-17-10-6-5-7-11-17/h5-15H,3-4H2,1-2H3,(H,24,25). The van der Waals surface area contributed by atoms with E-state index in [0.717, 1.165) is 17.1 Å². The number of aromatic nitrogens is 4. The number of aromatic amines is 1. The fraction of sp³-hybridized carbons (Fsp3) is 0.174. The van der Waals surface area contributed by atoms with Gasteiger partial charge in [0, 0.05) is 13.1 Å². The normalized spacial score (nSPS) is 11.4. The van der Waals surface area contributed by atoms with E-state index in [1.54, 1.807) is 13.0 Å². The molecule has 0 aliphatic heterocycles. The molecule has 0 atom stereocenters. The van der Waals surface area contributed by atoms with Gasteiger partial charge in [0.05, 0.1) is 0 Å². The molecule has 0 aliphatic rings. The van der Waals surface area contributed by atoms with Crippen molar-refractivity contribution in [2.75, 3.05) is 0 Å². The Kier molecular flexibility index (Phi) is 5.34. The molecule has 2 aromatic heterocycles. The average Bonchev–Trinajstić information content (AvgIpc) is 3.18. The quantitative estimate of drug-likeness (QED) is 0.530. The molecule has 7 nitrogen and oxygen atoms in total. The van der Waals surface area contributed by atoms with Crippen molar-refractivity contribution in [3.05, 3.63) is 86.8 Å². The van der Waals surface area contributed by atoms with Gasteiger partial charge in [-0.3, -0.25) is 13.9 Å². The van der Waals surface area contributed by atoms with E-state index in [-0.39, 0.29) is 11.2 Å². The third kappa shape index (κ3) is 3.69. The van der Waals surface area contributed by atoms with Gasteiger partial charge < -0.3 is 9.72 Å². The predicted molar refractivity (Wildman–Crippen MR) is 118 cm³/mol. The van der Waals surface area contributed by atoms with Crippen LogP contribution in [0.1, 0.15) is 25.2 Å². The van der Waals surface area contributed by atoms with Gasteiger partial charge in [0.15, 0.2) is 5.65 Å². The number of H-pyrrole nitrogens is 1. The molecule has 0 saturated heterocycles. The summed E-state index contributed by atoms with van der Waals surface area (Å²) < 4.78 is 8.58. The number of nitrogens with one attached hydrogen (secondary N) is 1. The zero-order chi connectivity index (χ0) is 21.1. The van der Waals surface area contributed by atoms with Gasteiger partial charge in [-0.1, -0.05) is 36.4 Å². The highest BCUT2D eigenvalue weighted by molar-refractivity contribution is 5.75. The van der Waals surface area contributed by atoms with Gasteiger partial charge in [-0.05, 0) is 49.8 Å². The van der Waals surface area contributed by atoms with Crippen molar-refractivity contribution in [3.63, 3.8) is 0 Å². The molecule has 0 unspecified atom stereocenters. The highest BCUT2D eigenvalue weighted by Gasteiger charge is 2.14. The van der Waals surface area contributed by atoms with Crippen molar-refractivity contribution < 1.29 is 4.74 Å². The lowest BCUT2D eigenvalue weighted by Crippen LogP contribution is -2.39. The third-order valence-electron chi connectivity index (χ3n) is 4.78. The van der Waals surface area contributed by atoms with Gasteiger partial charge in [-0.25, -0.2) is 9.78 Å². The van der Waals surface area contributed by atoms with Crippen LogP contribution >= 0.6 is 0 Å². The summed E-state index contributed by atoms with van der Waals surface area (Å²) in [5.41, 5.74) is 0.928. The summed E-state index contributed by atoms with van der Waals surface area (Å²) >= 11 is 0. The third-order valence-corrected chi connectivity index (χ3v) is 4.78. The number of ether oxygens (including phenoxy) is 1. The van der Waals surface area contributed by atoms with Crippen molar-refractivity contribution in [1.82, 2.24) is 19.1 Å². The number of hydrogen-bond donors (Lipinski definition) is 1. The molecular weight excluding hydrogens is 380 g/mol. The van der Waals surface area contributed by atoms with E-state index < -0.39 is 0 Å². The minimum atomic E-state index is -0.354. The molecule has 7 heteroatoms. The smallest absolute Gasteiger partial charge is 0.332 e. The molecule has 4 rings (SSSR count). The number of fused-ring (bicyclic) bond motifs is 1. The van der Waals surface area contributed by atoms with Crippen molar-refractivity contribution in [3.8, 4) is 11.5 Å². The maximum Gasteiger partial charge on any atom is 0.332 e. The van der Waals surface area contributed by atoms with Crippen molar-refractivity contribution >= 4 is 23.3 Å². The van der Waals surface area contributed by atoms with Gasteiger partial charge in [-0.15, -0.1) is 0 Å². The molecule has 0 spiro atoms. The van der Waals surface area contributed by atoms with Gasteiger partial charge in [0.25, 0.3) is 5.56 Å². The minimum Gasteiger partial charge on any atom is -0.457 e. The van der Waals surface area contributed by atoms with Crippen LogP contribution in [0.15, 0.2) is 64.2 Å². The van der Waals surface area contributed by atoms with Crippen LogP contribution in [0.5, 0.6) is 11.5 Å². The number of benzene rings is 2. The SMILES string of the molecule is CCn1c(=O)c2[nH]c(C=Cc3cccc(Oc4ccccc4)c3)nc2n(CC)c1=O. The minimum absolute atomic E-state index is 0.312. The maximum atomic E-state index is 12.6. The second-order valence-electron chi connectivity index (χ2n) is 6.72. The van der Waals surface area contributed by atoms with E-state index in [9.17, 15) is 9.59 Å². The Hall–Kier alpha value is -3.87. The Morgan fingerprint density at radius 1 is 0.933 bits per heavy atom. The lowest BCUT2D eigenvalue weighted by molar-refractivity contribution is 0.482. The summed E-state index contributed by atoms with van der Waals surface area (Å²) in [4.78, 5) is 32.6. The molecule has 2 aromatic carbocycles. The molecule has 0 radical (unpaired) electrons. The Labute approximate surface area is 172 Å². The molecule has 2 heterocycles. The largest absolute Gasteiger partial charge is 0.457 e. The molecule has 1 N–H and O–H groups in total. The molecule has 4 aromatic rings. The number of rotatable bonds is 6. The topological polar surface area (TPSA) is 81.9 Å². The van der Waals surface area contributed by atoms with Crippen LogP contribution in [0.2, 0.25) is 0 Å². The summed E-state index contributed by atoms with van der Waals surface area (Å²) in [6, 6.07) is 17.2. The first kappa shape index (κ1) is 19.4. The van der Waals surface area contributed by atoms with E-state index in [4.69, 9.17) is 4.74 Å². The molecule has 0 bridgehead atoms. The number of para-hydroxylation sites is 1. The Morgan fingerprint density at radius 2 is 1.67 bits per heavy atom. The molecule has 30 heavy (non-hydrogen) atoms. The molecule has 152 valence electrons. The second kappa shape index (κ2) is 8.24. The van der Waals surface area contributed by atoms with Crippen molar-refractivity contribution in [2.24, 2.45) is 0 Å². The van der Waals surface area contributed by atoms with E-state index >= 15 is 0 Å². The highest BCUT2D eigenvalue weighted by Crippen LogP contribution is 2.22. The summed E-state index contributed by atoms with van der Waals surface area (Å²) in [7, 11) is 0. The van der Waals surface area contributed by atoms with Crippen molar-refractivity contribution in [1.29, 1.82) is 0 Å². The Bertz CT molecular complexity index is 1330. The first-order valence-corrected chi connectivity index (χ1v) is 9.85. The van der Waals surface area contributed by atoms with Crippen LogP contribution in [0.3, 0.4) is 0 Å². The van der Waals surface area contributed by atoms with E-state index in [1.165, 1.54) is 9.13 Å². The maximum absolute atomic E-state index is 12.6. The molecular formula is C23H22N4O3. The number of hydrogen-bond acceptors (Lipinski definition) is 4. The molecule has 0 fully saturated rings. The second-order valence-corrected chi connectivity index (χ2v) is 6.72. The Balaban J connectivity index is 1.66. The van der Waals surface area contributed by atoms with Gasteiger partial charge in [-0.2, -0.15) is 0 Å². The van der Waals surface area contributed by atoms with Crippen LogP contribution in [0.4, 0.5) is 0 Å². The molecule has 0 aliphatic carbocycles. The van der Waals surface area contributed by atoms with E-state index in [0.29, 0.717) is 30.1 Å². The van der Waals surface area contributed by atoms with Gasteiger partial charge >= 0.3 is 5.69 Å². The molecule has 0 saturated carbocycles. The fourth-order valence-corrected chi connectivity index (χ4v) is 3.31. The van der Waals surface area contributed by atoms with Crippen LogP contribution < -0.4 is 16.0 Å². The summed E-state index contributed by atoms with van der Waals surface area (Å²) in [5.74, 6) is 1.99. The monoisotopic (exact) mass is 402 g/mol. The fourth-order valence-electron chi connectivity index (χ4n) is 3.31. The first-order chi connectivity index (χ1) is 14.6. The lowest BCUT2D eigenvalue weighted by Gasteiger charge is -2.06. The predicted octanol–water partition coefficient (Wildman–Crippen LogP) is 3.89. The summed E-state index contributed by atoms with van der Waals surface area (Å²) in [6.45, 7) is 4.37. The van der Waals surface area contributed by atoms with Crippen molar-refractivity contribution in [2.45, 2.75) is 26.9 Å². The van der Waals surface area contributed by atoms with E-state index in [1.807, 2.05) is 67.6 Å². The van der Waals surface area contributed by atoms with E-state index in [2.05, 4.69) is 9.97 Å². The van der Waals surface area contributed by atoms with Crippen LogP contribution in [-0.2, 0) is 13.1 Å². The Morgan fingerprint density at radius 3 is 2.40 bits per heavy atom. The molecule has 0 amide bonds. The van der Waals surface area contributed by atoms with Crippen LogP contribution in [-0.4, -0.2) is 19.1 Å². The number of aryl methyl sites for hydroxylation is 1. The lowest BCUT2D eigenvalue weighted by atomic mass is 10.2. The van der Waals surface area contributed by atoms with Crippen LogP contribution in [0, 0.1) is 0 Å². The number of nitrogens with zero attached hydrogens (tertiary/aromatic N) is 3. The summed E-state index contributed by atoms with van der Waals surface area (Å²) in [6.07, 6.45) is 3.66. The zero-order valence-corrected chi connectivity index (χ0v) is 16.8. The summed E-state index contributed by atoms with van der Waals surface area (Å²) in [5, 5.41) is 0. The van der Waals surface area contributed by atoms with Gasteiger partial charge in [0.1, 0.15) is 22.8 Å².